The van der Waals surface area contributed by atoms with Crippen LogP contribution in [0.25, 0.3) is 0 Å². The van der Waals surface area contributed by atoms with Gasteiger partial charge in [0.1, 0.15) is 78.5 Å². The summed E-state index contributed by atoms with van der Waals surface area (Å²) in [5.74, 6) is -29.5. The number of aliphatic hydroxyl groups excluding tert-OH is 1. The Hall–Kier alpha value is -12.2. The molecule has 1 aromatic carbocycles. The number of nitrogens with one attached hydrogen (secondary N) is 15. The van der Waals surface area contributed by atoms with Gasteiger partial charge in [-0.2, -0.15) is 0 Å². The fraction of sp³-hybridized carbons (Fsp3) is 0.603. The van der Waals surface area contributed by atoms with E-state index in [0.717, 1.165) is 6.92 Å². The van der Waals surface area contributed by atoms with Crippen LogP contribution in [-0.4, -0.2) is 248 Å². The zero-order valence-electron chi connectivity index (χ0n) is 64.0. The van der Waals surface area contributed by atoms with Crippen LogP contribution in [0.2, 0.25) is 0 Å². The van der Waals surface area contributed by atoms with E-state index in [9.17, 15) is 116 Å². The van der Waals surface area contributed by atoms with E-state index >= 15 is 0 Å². The first-order valence-corrected chi connectivity index (χ1v) is 35.9. The number of hydrogen-bond donors (Lipinski definition) is 25. The molecule has 0 aliphatic carbocycles. The average molecular weight is 1610 g/mol. The van der Waals surface area contributed by atoms with Crippen molar-refractivity contribution in [2.75, 3.05) is 13.2 Å². The van der Waals surface area contributed by atoms with Crippen molar-refractivity contribution in [3.05, 3.63) is 35.9 Å². The van der Waals surface area contributed by atoms with Gasteiger partial charge in [0, 0.05) is 13.0 Å². The quantitative estimate of drug-likeness (QED) is 0.0164. The minimum atomic E-state index is -2.12. The Morgan fingerprint density at radius 3 is 1.08 bits per heavy atom. The summed E-state index contributed by atoms with van der Waals surface area (Å²) in [7, 11) is 0. The summed E-state index contributed by atoms with van der Waals surface area (Å²) in [6, 6.07) is -17.3. The molecule has 113 heavy (non-hydrogen) atoms. The summed E-state index contributed by atoms with van der Waals surface area (Å²) >= 11 is 0. The third-order valence-electron chi connectivity index (χ3n) is 17.6. The van der Waals surface area contributed by atoms with E-state index in [-0.39, 0.29) is 38.6 Å². The number of rotatable bonds is 53. The van der Waals surface area contributed by atoms with Crippen LogP contribution in [0.3, 0.4) is 0 Å². The van der Waals surface area contributed by atoms with Crippen LogP contribution < -0.4 is 103 Å². The van der Waals surface area contributed by atoms with Gasteiger partial charge in [0.25, 0.3) is 0 Å². The fourth-order valence-corrected chi connectivity index (χ4v) is 10.5. The van der Waals surface area contributed by atoms with Crippen LogP contribution in [0.15, 0.2) is 30.3 Å². The van der Waals surface area contributed by atoms with E-state index < -0.39 is 278 Å². The van der Waals surface area contributed by atoms with Gasteiger partial charge in [-0.15, -0.1) is 0 Å². The van der Waals surface area contributed by atoms with E-state index in [1.54, 1.807) is 45.9 Å². The number of carboxylic acids is 4. The highest BCUT2D eigenvalue weighted by atomic mass is 16.4. The number of aliphatic hydroxyl groups is 1. The lowest BCUT2D eigenvalue weighted by Gasteiger charge is -2.30. The van der Waals surface area contributed by atoms with Gasteiger partial charge in [0.2, 0.25) is 94.5 Å². The van der Waals surface area contributed by atoms with Gasteiger partial charge in [-0.3, -0.25) is 96.5 Å². The topological polar surface area (TPSA) is 765 Å². The van der Waals surface area contributed by atoms with Crippen molar-refractivity contribution in [2.45, 2.75) is 224 Å². The van der Waals surface area contributed by atoms with Gasteiger partial charge in [-0.1, -0.05) is 105 Å². The minimum Gasteiger partial charge on any atom is -0.481 e. The Bertz CT molecular complexity index is 3590. The van der Waals surface area contributed by atoms with Crippen molar-refractivity contribution < 1.29 is 121 Å². The largest absolute Gasteiger partial charge is 0.481 e. The van der Waals surface area contributed by atoms with E-state index in [0.29, 0.717) is 12.0 Å². The van der Waals surface area contributed by atoms with Crippen molar-refractivity contribution in [2.24, 2.45) is 52.3 Å². The Balaban J connectivity index is 3.62. The van der Waals surface area contributed by atoms with E-state index in [1.165, 1.54) is 39.8 Å². The summed E-state index contributed by atoms with van der Waals surface area (Å²) in [5, 5.41) is 87.7. The Labute approximate surface area is 648 Å². The van der Waals surface area contributed by atoms with Gasteiger partial charge in [-0.05, 0) is 49.0 Å². The molecule has 0 aliphatic rings. The molecule has 45 heteroatoms. The molecule has 0 bridgehead atoms. The summed E-state index contributed by atoms with van der Waals surface area (Å²) in [5.41, 5.74) is 28.0. The molecule has 16 amide bonds. The molecule has 0 spiro atoms. The van der Waals surface area contributed by atoms with Crippen LogP contribution in [-0.2, 0) is 102 Å². The lowest BCUT2D eigenvalue weighted by atomic mass is 9.95. The molecule has 45 nitrogen and oxygen atoms in total. The molecule has 1 aromatic rings. The normalized spacial score (nSPS) is 15.5. The summed E-state index contributed by atoms with van der Waals surface area (Å²) < 4.78 is 0. The number of carbonyl (C=O) groups excluding carboxylic acids is 16. The Kier molecular flexibility index (Phi) is 43.0. The monoisotopic (exact) mass is 1600 g/mol. The maximum atomic E-state index is 14.5. The molecule has 0 heterocycles. The molecule has 0 fully saturated rings. The number of carbonyl (C=O) groups is 20. The highest BCUT2D eigenvalue weighted by Gasteiger charge is 2.41. The standard InChI is InChI=1S/C68H108N20O25/c1-10-30(6)50(72)63(108)81-41(26-48(95)96)61(106)87-52(31(7)11-2)65(110)82-39(24-46(71)92)58(103)80-40(25-47(93)94)60(105)86-51(29(4)5)64(109)88-53(32(8)12-3)66(111)83-38(23-45(70)91)57(102)78-36(21-34-17-14-13-15-18-34)56(101)76-33(9)54(99)85-43(28-89)62(107)77-35(19-16-20-75-68(73)74)55(100)79-37(22-44(69)90)59(104)84-42(67(112)113)27-49(97)98/h13-15,17-18,29-33,35-43,50-53,89H,10-12,16,19-28,72H2,1-9H3,(H2,69,90)(H2,70,91)(H2,71,92)(H,76,101)(H,77,107)(H,78,102)(H,79,100)(H,80,103)(H,81,108)(H,82,110)(H,83,111)(H,84,104)(H,85,99)(H,86,105)(H,87,106)(H,88,109)(H,93,94)(H,95,96)(H,97,98)(H,112,113)(H4,73,74,75)/t30-,31-,32-,33-,35-,36-,37-,38-,39-,40-,41-,42-,43-,50-,51-,52-,53-/m0/s1. The number of amides is 16. The summed E-state index contributed by atoms with van der Waals surface area (Å²) in [6.07, 6.45) is -6.38. The maximum Gasteiger partial charge on any atom is 0.326 e. The van der Waals surface area contributed by atoms with Crippen molar-refractivity contribution >= 4 is 124 Å². The zero-order valence-corrected chi connectivity index (χ0v) is 64.0. The second-order valence-electron chi connectivity index (χ2n) is 27.2. The number of benzene rings is 1. The van der Waals surface area contributed by atoms with Crippen molar-refractivity contribution in [3.63, 3.8) is 0 Å². The summed E-state index contributed by atoms with van der Waals surface area (Å²) in [6.45, 7) is 12.1. The molecule has 0 aromatic heterocycles. The molecule has 0 aliphatic heterocycles. The number of aliphatic carboxylic acids is 4. The zero-order chi connectivity index (χ0) is 86.4. The second-order valence-corrected chi connectivity index (χ2v) is 27.2. The van der Waals surface area contributed by atoms with E-state index in [1.807, 2.05) is 5.32 Å². The van der Waals surface area contributed by atoms with Gasteiger partial charge >= 0.3 is 23.9 Å². The molecule has 30 N–H and O–H groups in total. The maximum absolute atomic E-state index is 14.5. The van der Waals surface area contributed by atoms with Crippen LogP contribution in [0.5, 0.6) is 0 Å². The second kappa shape index (κ2) is 49.1. The molecule has 17 atom stereocenters. The van der Waals surface area contributed by atoms with Gasteiger partial charge in [0.05, 0.1) is 51.2 Å². The fourth-order valence-electron chi connectivity index (χ4n) is 10.5. The highest BCUT2D eigenvalue weighted by Crippen LogP contribution is 2.16. The molecular weight excluding hydrogens is 1500 g/mol. The van der Waals surface area contributed by atoms with E-state index in [4.69, 9.17) is 39.2 Å². The van der Waals surface area contributed by atoms with Gasteiger partial charge in [-0.25, -0.2) is 4.79 Å². The summed E-state index contributed by atoms with van der Waals surface area (Å²) in [4.78, 5) is 265. The van der Waals surface area contributed by atoms with Gasteiger partial charge < -0.3 is 129 Å². The van der Waals surface area contributed by atoms with Crippen molar-refractivity contribution in [1.29, 1.82) is 5.41 Å². The predicted octanol–water partition coefficient (Wildman–Crippen LogP) is -8.94. The number of primary amides is 3. The molecular formula is C68H108N20O25. The predicted molar refractivity (Wildman–Crippen MR) is 394 cm³/mol. The number of hydrogen-bond acceptors (Lipinski definition) is 23. The van der Waals surface area contributed by atoms with Crippen LogP contribution in [0.4, 0.5) is 0 Å². The number of carboxylic acid groups (broad SMARTS) is 4. The van der Waals surface area contributed by atoms with E-state index in [2.05, 4.69) is 69.1 Å². The highest BCUT2D eigenvalue weighted by molar-refractivity contribution is 6.02. The molecule has 0 radical (unpaired) electrons. The van der Waals surface area contributed by atoms with Crippen molar-refractivity contribution in [1.82, 2.24) is 74.4 Å². The Morgan fingerprint density at radius 2 is 0.690 bits per heavy atom. The molecule has 0 saturated heterocycles. The van der Waals surface area contributed by atoms with Gasteiger partial charge in [0.15, 0.2) is 5.96 Å². The van der Waals surface area contributed by atoms with Crippen molar-refractivity contribution in [3.8, 4) is 0 Å². The lowest BCUT2D eigenvalue weighted by Crippen LogP contribution is -2.63. The van der Waals surface area contributed by atoms with Crippen LogP contribution in [0.1, 0.15) is 139 Å². The first-order valence-electron chi connectivity index (χ1n) is 35.9. The minimum absolute atomic E-state index is 0.0779. The SMILES string of the molecule is CC[C@H](C)[C@H](N)C(=O)N[C@@H](CC(=O)O)C(=O)N[C@H](C(=O)N[C@@H](CC(N)=O)C(=O)N[C@@H](CC(=O)O)C(=O)N[C@H](C(=O)N[C@H](C(=O)N[C@@H](CC(N)=O)C(=O)N[C@@H](Cc1ccccc1)C(=O)N[C@@H](C)C(=O)N[C@@H](CO)C(=O)N[C@@H](CCCNC(=N)N)C(=O)N[C@@H](CC(N)=O)C(=O)N[C@@H](CC(=O)O)C(=O)O)[C@@H](C)CC)C(C)C)[C@@H](C)CC. The third-order valence-corrected chi connectivity index (χ3v) is 17.6. The number of nitrogens with two attached hydrogens (primary N) is 5. The number of guanidine groups is 1. The molecule has 0 saturated carbocycles. The molecule has 0 unspecified atom stereocenters. The Morgan fingerprint density at radius 1 is 0.372 bits per heavy atom. The first-order chi connectivity index (χ1) is 52.7. The van der Waals surface area contributed by atoms with Crippen LogP contribution in [0, 0.1) is 29.1 Å². The average Bonchev–Trinajstić information content (AvgIpc) is 0.842. The molecule has 630 valence electrons. The molecule has 1 rings (SSSR count). The smallest absolute Gasteiger partial charge is 0.326 e. The van der Waals surface area contributed by atoms with Crippen LogP contribution >= 0.6 is 0 Å². The third kappa shape index (κ3) is 36.0. The first kappa shape index (κ1) is 98.8. The lowest BCUT2D eigenvalue weighted by molar-refractivity contribution is -0.147.